The third-order valence-corrected chi connectivity index (χ3v) is 2.01. The first kappa shape index (κ1) is 12.7. The molecule has 0 rings (SSSR count). The SMILES string of the molecule is CCCC(C)(NCCN=[N+]=[N-])C(=O)O. The fraction of sp³-hybridized carbons (Fsp3) is 0.875. The van der Waals surface area contributed by atoms with E-state index in [-0.39, 0.29) is 6.54 Å². The van der Waals surface area contributed by atoms with Gasteiger partial charge in [-0.15, -0.1) is 0 Å². The lowest BCUT2D eigenvalue weighted by Gasteiger charge is -2.25. The fourth-order valence-electron chi connectivity index (χ4n) is 1.20. The lowest BCUT2D eigenvalue weighted by Crippen LogP contribution is -2.50. The Kier molecular flexibility index (Phi) is 5.67. The van der Waals surface area contributed by atoms with Crippen molar-refractivity contribution in [3.8, 4) is 0 Å². The quantitative estimate of drug-likeness (QED) is 0.282. The molecule has 0 bridgehead atoms. The molecule has 2 N–H and O–H groups in total. The summed E-state index contributed by atoms with van der Waals surface area (Å²) in [6, 6.07) is 0. The molecule has 0 radical (unpaired) electrons. The first-order valence-corrected chi connectivity index (χ1v) is 4.56. The monoisotopic (exact) mass is 200 g/mol. The zero-order valence-corrected chi connectivity index (χ0v) is 8.53. The highest BCUT2D eigenvalue weighted by Gasteiger charge is 2.30. The molecule has 0 aromatic carbocycles. The molecule has 0 aromatic heterocycles. The maximum absolute atomic E-state index is 10.9. The minimum Gasteiger partial charge on any atom is -0.480 e. The summed E-state index contributed by atoms with van der Waals surface area (Å²) >= 11 is 0. The number of nitrogens with one attached hydrogen (secondary N) is 1. The molecule has 0 heterocycles. The molecule has 6 nitrogen and oxygen atoms in total. The fourth-order valence-corrected chi connectivity index (χ4v) is 1.20. The Balaban J connectivity index is 4.09. The van der Waals surface area contributed by atoms with Crippen LogP contribution in [0.2, 0.25) is 0 Å². The summed E-state index contributed by atoms with van der Waals surface area (Å²) in [4.78, 5) is 13.5. The van der Waals surface area contributed by atoms with Crippen molar-refractivity contribution in [3.05, 3.63) is 10.4 Å². The van der Waals surface area contributed by atoms with E-state index in [1.54, 1.807) is 6.92 Å². The summed E-state index contributed by atoms with van der Waals surface area (Å²) in [5.74, 6) is -0.875. The van der Waals surface area contributed by atoms with E-state index >= 15 is 0 Å². The van der Waals surface area contributed by atoms with Crippen LogP contribution in [0.1, 0.15) is 26.7 Å². The largest absolute Gasteiger partial charge is 0.480 e. The van der Waals surface area contributed by atoms with Gasteiger partial charge in [0.1, 0.15) is 5.54 Å². The lowest BCUT2D eigenvalue weighted by atomic mass is 9.96. The minimum absolute atomic E-state index is 0.267. The zero-order chi connectivity index (χ0) is 11.0. The molecule has 0 spiro atoms. The average molecular weight is 200 g/mol. The van der Waals surface area contributed by atoms with Gasteiger partial charge in [-0.1, -0.05) is 18.5 Å². The molecule has 0 fully saturated rings. The second kappa shape index (κ2) is 6.23. The second-order valence-corrected chi connectivity index (χ2v) is 3.27. The first-order valence-electron chi connectivity index (χ1n) is 4.56. The van der Waals surface area contributed by atoms with Crippen molar-refractivity contribution in [3.63, 3.8) is 0 Å². The number of carbonyl (C=O) groups is 1. The summed E-state index contributed by atoms with van der Waals surface area (Å²) in [7, 11) is 0. The molecule has 0 saturated heterocycles. The summed E-state index contributed by atoms with van der Waals surface area (Å²) in [6.45, 7) is 4.21. The van der Waals surface area contributed by atoms with Gasteiger partial charge in [0, 0.05) is 18.0 Å². The van der Waals surface area contributed by atoms with Gasteiger partial charge in [-0.2, -0.15) is 0 Å². The molecule has 0 amide bonds. The van der Waals surface area contributed by atoms with E-state index in [2.05, 4.69) is 15.3 Å². The summed E-state index contributed by atoms with van der Waals surface area (Å²) in [6.07, 6.45) is 1.34. The van der Waals surface area contributed by atoms with Crippen LogP contribution in [0.4, 0.5) is 0 Å². The van der Waals surface area contributed by atoms with E-state index < -0.39 is 11.5 Å². The van der Waals surface area contributed by atoms with Crippen LogP contribution in [0.3, 0.4) is 0 Å². The summed E-state index contributed by atoms with van der Waals surface area (Å²) < 4.78 is 0. The highest BCUT2D eigenvalue weighted by atomic mass is 16.4. The third kappa shape index (κ3) is 4.11. The Morgan fingerprint density at radius 1 is 1.71 bits per heavy atom. The van der Waals surface area contributed by atoms with Crippen molar-refractivity contribution < 1.29 is 9.90 Å². The van der Waals surface area contributed by atoms with Gasteiger partial charge in [0.15, 0.2) is 0 Å². The molecule has 0 aliphatic rings. The number of carboxylic acids is 1. The van der Waals surface area contributed by atoms with Crippen molar-refractivity contribution in [1.82, 2.24) is 5.32 Å². The Morgan fingerprint density at radius 3 is 2.79 bits per heavy atom. The van der Waals surface area contributed by atoms with Crippen molar-refractivity contribution in [1.29, 1.82) is 0 Å². The van der Waals surface area contributed by atoms with Crippen molar-refractivity contribution in [2.75, 3.05) is 13.1 Å². The van der Waals surface area contributed by atoms with E-state index in [0.717, 1.165) is 6.42 Å². The van der Waals surface area contributed by atoms with Crippen LogP contribution in [-0.4, -0.2) is 29.7 Å². The zero-order valence-electron chi connectivity index (χ0n) is 8.53. The Bertz CT molecular complexity index is 237. The number of rotatable bonds is 7. The van der Waals surface area contributed by atoms with Crippen LogP contribution in [0.15, 0.2) is 5.11 Å². The highest BCUT2D eigenvalue weighted by molar-refractivity contribution is 5.78. The van der Waals surface area contributed by atoms with Gasteiger partial charge in [0.05, 0.1) is 0 Å². The van der Waals surface area contributed by atoms with E-state index in [1.165, 1.54) is 0 Å². The number of nitrogens with zero attached hydrogens (tertiary/aromatic N) is 3. The molecule has 1 atom stereocenters. The van der Waals surface area contributed by atoms with E-state index in [4.69, 9.17) is 10.6 Å². The number of azide groups is 1. The van der Waals surface area contributed by atoms with Crippen molar-refractivity contribution in [2.24, 2.45) is 5.11 Å². The van der Waals surface area contributed by atoms with Gasteiger partial charge in [0.25, 0.3) is 0 Å². The molecule has 0 aromatic rings. The van der Waals surface area contributed by atoms with Gasteiger partial charge in [-0.3, -0.25) is 4.79 Å². The van der Waals surface area contributed by atoms with Gasteiger partial charge in [-0.25, -0.2) is 0 Å². The van der Waals surface area contributed by atoms with E-state index in [9.17, 15) is 4.79 Å². The van der Waals surface area contributed by atoms with Gasteiger partial charge in [0.2, 0.25) is 0 Å². The highest BCUT2D eigenvalue weighted by Crippen LogP contribution is 2.11. The molecule has 80 valence electrons. The standard InChI is InChI=1S/C8H16N4O2/c1-3-4-8(2,7(13)14)10-5-6-11-12-9/h10H,3-6H2,1-2H3,(H,13,14). The molecular formula is C8H16N4O2. The maximum Gasteiger partial charge on any atom is 0.323 e. The van der Waals surface area contributed by atoms with Crippen LogP contribution in [-0.2, 0) is 4.79 Å². The molecule has 1 unspecified atom stereocenters. The molecule has 0 saturated carbocycles. The first-order chi connectivity index (χ1) is 6.56. The summed E-state index contributed by atoms with van der Waals surface area (Å²) in [5, 5.41) is 15.1. The summed E-state index contributed by atoms with van der Waals surface area (Å²) in [5.41, 5.74) is 7.11. The Morgan fingerprint density at radius 2 is 2.36 bits per heavy atom. The van der Waals surface area contributed by atoms with Crippen LogP contribution in [0.5, 0.6) is 0 Å². The number of aliphatic carboxylic acids is 1. The smallest absolute Gasteiger partial charge is 0.323 e. The predicted octanol–water partition coefficient (Wildman–Crippen LogP) is 1.53. The second-order valence-electron chi connectivity index (χ2n) is 3.27. The van der Waals surface area contributed by atoms with E-state index in [1.807, 2.05) is 6.92 Å². The molecule has 0 aliphatic carbocycles. The Labute approximate surface area is 82.9 Å². The number of hydrogen-bond donors (Lipinski definition) is 2. The third-order valence-electron chi connectivity index (χ3n) is 2.01. The lowest BCUT2D eigenvalue weighted by molar-refractivity contribution is -0.144. The molecule has 0 aliphatic heterocycles. The topological polar surface area (TPSA) is 98.1 Å². The van der Waals surface area contributed by atoms with Gasteiger partial charge in [-0.05, 0) is 18.9 Å². The van der Waals surface area contributed by atoms with Gasteiger partial charge >= 0.3 is 5.97 Å². The van der Waals surface area contributed by atoms with Crippen LogP contribution in [0, 0.1) is 0 Å². The maximum atomic E-state index is 10.9. The number of carboxylic acid groups (broad SMARTS) is 1. The minimum atomic E-state index is -0.917. The van der Waals surface area contributed by atoms with Crippen molar-refractivity contribution in [2.45, 2.75) is 32.2 Å². The predicted molar refractivity (Wildman–Crippen MR) is 53.0 cm³/mol. The molecular weight excluding hydrogens is 184 g/mol. The van der Waals surface area contributed by atoms with Crippen LogP contribution in [0.25, 0.3) is 10.4 Å². The Hall–Kier alpha value is -1.26. The van der Waals surface area contributed by atoms with Crippen LogP contribution >= 0.6 is 0 Å². The molecule has 6 heteroatoms. The average Bonchev–Trinajstić information content (AvgIpc) is 2.13. The number of hydrogen-bond acceptors (Lipinski definition) is 3. The van der Waals surface area contributed by atoms with Crippen LogP contribution < -0.4 is 5.32 Å². The van der Waals surface area contributed by atoms with Gasteiger partial charge < -0.3 is 10.4 Å². The van der Waals surface area contributed by atoms with Crippen molar-refractivity contribution >= 4 is 5.97 Å². The van der Waals surface area contributed by atoms with E-state index in [0.29, 0.717) is 13.0 Å². The normalized spacial score (nSPS) is 14.1. The molecule has 14 heavy (non-hydrogen) atoms.